The molecule has 122 valence electrons. The second kappa shape index (κ2) is 7.23. The van der Waals surface area contributed by atoms with Crippen LogP contribution >= 0.6 is 11.8 Å². The summed E-state index contributed by atoms with van der Waals surface area (Å²) in [6, 6.07) is 17.1. The van der Waals surface area contributed by atoms with Crippen molar-refractivity contribution in [2.45, 2.75) is 10.4 Å². The zero-order valence-electron chi connectivity index (χ0n) is 13.1. The van der Waals surface area contributed by atoms with Crippen molar-refractivity contribution in [3.05, 3.63) is 72.6 Å². The summed E-state index contributed by atoms with van der Waals surface area (Å²) in [7, 11) is 1.63. The van der Waals surface area contributed by atoms with Gasteiger partial charge in [0.25, 0.3) is 0 Å². The second-order valence-corrected chi connectivity index (χ2v) is 6.16. The third-order valence-electron chi connectivity index (χ3n) is 3.54. The number of nitrogens with zero attached hydrogens (tertiary/aromatic N) is 2. The Hall–Kier alpha value is -2.73. The molecule has 0 bridgehead atoms. The van der Waals surface area contributed by atoms with Gasteiger partial charge in [0, 0.05) is 18.1 Å². The highest BCUT2D eigenvalue weighted by molar-refractivity contribution is 8.00. The van der Waals surface area contributed by atoms with E-state index in [1.807, 2.05) is 65.4 Å². The summed E-state index contributed by atoms with van der Waals surface area (Å²) >= 11 is 1.33. The molecule has 3 aromatic rings. The van der Waals surface area contributed by atoms with Gasteiger partial charge in [0.1, 0.15) is 11.0 Å². The molecule has 5 nitrogen and oxygen atoms in total. The number of aromatic nitrogens is 2. The molecule has 2 aromatic carbocycles. The zero-order valence-corrected chi connectivity index (χ0v) is 13.9. The van der Waals surface area contributed by atoms with Crippen LogP contribution in [0.3, 0.4) is 0 Å². The predicted octanol–water partition coefficient (Wildman–Crippen LogP) is 3.20. The van der Waals surface area contributed by atoms with Crippen molar-refractivity contribution in [2.24, 2.45) is 5.73 Å². The lowest BCUT2D eigenvalue weighted by Crippen LogP contribution is -2.19. The summed E-state index contributed by atoms with van der Waals surface area (Å²) in [4.78, 5) is 16.3. The van der Waals surface area contributed by atoms with Gasteiger partial charge in [-0.3, -0.25) is 9.36 Å². The third kappa shape index (κ3) is 3.44. The number of benzene rings is 2. The average Bonchev–Trinajstić information content (AvgIpc) is 3.08. The number of ether oxygens (including phenoxy) is 1. The number of carbonyl (C=O) groups excluding carboxylic acids is 1. The van der Waals surface area contributed by atoms with Gasteiger partial charge in [-0.25, -0.2) is 4.98 Å². The molecule has 2 N–H and O–H groups in total. The van der Waals surface area contributed by atoms with Crippen molar-refractivity contribution in [1.82, 2.24) is 9.55 Å². The molecule has 0 spiro atoms. The van der Waals surface area contributed by atoms with Gasteiger partial charge in [0.15, 0.2) is 5.16 Å². The minimum absolute atomic E-state index is 0.393. The molecular weight excluding hydrogens is 322 g/mol. The number of nitrogens with two attached hydrogens (primary N) is 1. The van der Waals surface area contributed by atoms with Crippen LogP contribution in [0.15, 0.2) is 72.1 Å². The Labute approximate surface area is 144 Å². The van der Waals surface area contributed by atoms with E-state index < -0.39 is 11.2 Å². The maximum absolute atomic E-state index is 11.9. The Morgan fingerprint density at radius 1 is 1.17 bits per heavy atom. The van der Waals surface area contributed by atoms with E-state index in [-0.39, 0.29) is 0 Å². The lowest BCUT2D eigenvalue weighted by Gasteiger charge is -2.14. The molecule has 0 radical (unpaired) electrons. The van der Waals surface area contributed by atoms with E-state index in [0.717, 1.165) is 17.0 Å². The van der Waals surface area contributed by atoms with E-state index in [2.05, 4.69) is 4.98 Å². The molecule has 0 saturated heterocycles. The first-order chi connectivity index (χ1) is 11.7. The molecule has 3 rings (SSSR count). The highest BCUT2D eigenvalue weighted by Gasteiger charge is 2.21. The first kappa shape index (κ1) is 16.1. The van der Waals surface area contributed by atoms with Crippen LogP contribution in [0.2, 0.25) is 0 Å². The van der Waals surface area contributed by atoms with Crippen LogP contribution < -0.4 is 10.5 Å². The molecule has 0 fully saturated rings. The summed E-state index contributed by atoms with van der Waals surface area (Å²) in [6.07, 6.45) is 3.56. The van der Waals surface area contributed by atoms with Crippen molar-refractivity contribution in [1.29, 1.82) is 0 Å². The highest BCUT2D eigenvalue weighted by atomic mass is 32.2. The summed E-state index contributed by atoms with van der Waals surface area (Å²) in [6.45, 7) is 0. The molecule has 0 aliphatic carbocycles. The van der Waals surface area contributed by atoms with E-state index in [1.165, 1.54) is 11.8 Å². The lowest BCUT2D eigenvalue weighted by molar-refractivity contribution is -0.117. The number of hydrogen-bond donors (Lipinski definition) is 1. The smallest absolute Gasteiger partial charge is 0.235 e. The van der Waals surface area contributed by atoms with E-state index in [1.54, 1.807) is 13.3 Å². The van der Waals surface area contributed by atoms with Crippen LogP contribution in [0.5, 0.6) is 5.75 Å². The fraction of sp³-hybridized carbons (Fsp3) is 0.111. The molecule has 1 amide bonds. The third-order valence-corrected chi connectivity index (χ3v) is 4.79. The maximum atomic E-state index is 11.9. The summed E-state index contributed by atoms with van der Waals surface area (Å²) in [5, 5.41) is 0.207. The number of amides is 1. The standard InChI is InChI=1S/C18H17N3O2S/c1-23-15-9-7-14(8-10-15)21-12-11-20-18(21)24-16(17(19)22)13-5-3-2-4-6-13/h2-12,16H,1H3,(H2,19,22)/t16-/m0/s1. The SMILES string of the molecule is COc1ccc(-n2ccnc2S[C@H](C(N)=O)c2ccccc2)cc1. The van der Waals surface area contributed by atoms with Crippen LogP contribution in [0.4, 0.5) is 0 Å². The van der Waals surface area contributed by atoms with Crippen LogP contribution in [0.1, 0.15) is 10.8 Å². The first-order valence-electron chi connectivity index (χ1n) is 7.37. The molecule has 0 aliphatic heterocycles. The number of imidazole rings is 1. The Bertz CT molecular complexity index is 816. The van der Waals surface area contributed by atoms with Gasteiger partial charge >= 0.3 is 0 Å². The lowest BCUT2D eigenvalue weighted by atomic mass is 10.1. The number of carbonyl (C=O) groups is 1. The Morgan fingerprint density at radius 2 is 1.88 bits per heavy atom. The normalized spacial score (nSPS) is 11.9. The Balaban J connectivity index is 1.90. The second-order valence-electron chi connectivity index (χ2n) is 5.09. The van der Waals surface area contributed by atoms with E-state index in [0.29, 0.717) is 5.16 Å². The van der Waals surface area contributed by atoms with Crippen molar-refractivity contribution in [2.75, 3.05) is 7.11 Å². The highest BCUT2D eigenvalue weighted by Crippen LogP contribution is 2.35. The molecule has 1 heterocycles. The molecule has 24 heavy (non-hydrogen) atoms. The number of hydrogen-bond acceptors (Lipinski definition) is 4. The number of methoxy groups -OCH3 is 1. The van der Waals surface area contributed by atoms with Crippen LogP contribution in [0, 0.1) is 0 Å². The van der Waals surface area contributed by atoms with E-state index in [9.17, 15) is 4.79 Å². The zero-order chi connectivity index (χ0) is 16.9. The molecule has 0 aliphatic rings. The Morgan fingerprint density at radius 3 is 2.50 bits per heavy atom. The van der Waals surface area contributed by atoms with Crippen LogP contribution in [-0.4, -0.2) is 22.6 Å². The average molecular weight is 339 g/mol. The fourth-order valence-electron chi connectivity index (χ4n) is 2.34. The van der Waals surface area contributed by atoms with Gasteiger partial charge in [-0.05, 0) is 29.8 Å². The number of primary amides is 1. The van der Waals surface area contributed by atoms with E-state index >= 15 is 0 Å². The van der Waals surface area contributed by atoms with Gasteiger partial charge in [-0.1, -0.05) is 42.1 Å². The summed E-state index contributed by atoms with van der Waals surface area (Å²) < 4.78 is 7.10. The minimum Gasteiger partial charge on any atom is -0.497 e. The summed E-state index contributed by atoms with van der Waals surface area (Å²) in [5.74, 6) is 0.392. The van der Waals surface area contributed by atoms with Crippen molar-refractivity contribution >= 4 is 17.7 Å². The molecule has 6 heteroatoms. The van der Waals surface area contributed by atoms with Gasteiger partial charge in [0.2, 0.25) is 5.91 Å². The molecule has 1 atom stereocenters. The number of thioether (sulfide) groups is 1. The fourth-order valence-corrected chi connectivity index (χ4v) is 3.36. The van der Waals surface area contributed by atoms with Gasteiger partial charge in [-0.2, -0.15) is 0 Å². The minimum atomic E-state index is -0.495. The van der Waals surface area contributed by atoms with E-state index in [4.69, 9.17) is 10.5 Å². The topological polar surface area (TPSA) is 70.1 Å². The molecular formula is C18H17N3O2S. The predicted molar refractivity (Wildman–Crippen MR) is 94.4 cm³/mol. The van der Waals surface area contributed by atoms with Gasteiger partial charge < -0.3 is 10.5 Å². The molecule has 0 saturated carbocycles. The van der Waals surface area contributed by atoms with Gasteiger partial charge in [0.05, 0.1) is 7.11 Å². The quantitative estimate of drug-likeness (QED) is 0.700. The first-order valence-corrected chi connectivity index (χ1v) is 8.25. The van der Waals surface area contributed by atoms with Crippen LogP contribution in [0.25, 0.3) is 5.69 Å². The molecule has 0 unspecified atom stereocenters. The molecule has 1 aromatic heterocycles. The largest absolute Gasteiger partial charge is 0.497 e. The van der Waals surface area contributed by atoms with Gasteiger partial charge in [-0.15, -0.1) is 0 Å². The Kier molecular flexibility index (Phi) is 4.86. The number of rotatable bonds is 6. The van der Waals surface area contributed by atoms with Crippen molar-refractivity contribution in [3.63, 3.8) is 0 Å². The maximum Gasteiger partial charge on any atom is 0.235 e. The van der Waals surface area contributed by atoms with Crippen LogP contribution in [-0.2, 0) is 4.79 Å². The monoisotopic (exact) mass is 339 g/mol. The summed E-state index contributed by atoms with van der Waals surface area (Å²) in [5.41, 5.74) is 7.40. The van der Waals surface area contributed by atoms with Crippen molar-refractivity contribution in [3.8, 4) is 11.4 Å². The van der Waals surface area contributed by atoms with Crippen molar-refractivity contribution < 1.29 is 9.53 Å².